The zero-order valence-electron chi connectivity index (χ0n) is 11.6. The molecule has 0 saturated heterocycles. The van der Waals surface area contributed by atoms with Crippen LogP contribution in [0.1, 0.15) is 64.5 Å². The summed E-state index contributed by atoms with van der Waals surface area (Å²) in [7, 11) is 0. The minimum absolute atomic E-state index is 0.650. The Bertz CT molecular complexity index is 290. The Morgan fingerprint density at radius 2 is 0.938 bits per heavy atom. The molecule has 0 saturated carbocycles. The first-order chi connectivity index (χ1) is 7.45. The molecule has 90 valence electrons. The molecule has 0 heteroatoms. The molecule has 2 atom stereocenters. The first-order valence-corrected chi connectivity index (χ1v) is 6.54. The average Bonchev–Trinajstić information content (AvgIpc) is 2.26. The summed E-state index contributed by atoms with van der Waals surface area (Å²) < 4.78 is 0. The average molecular weight is 218 g/mol. The highest BCUT2D eigenvalue weighted by molar-refractivity contribution is 5.33. The van der Waals surface area contributed by atoms with Crippen LogP contribution in [0.15, 0.2) is 24.3 Å². The van der Waals surface area contributed by atoms with E-state index in [0.717, 1.165) is 0 Å². The van der Waals surface area contributed by atoms with Crippen molar-refractivity contribution in [3.05, 3.63) is 35.4 Å². The van der Waals surface area contributed by atoms with E-state index in [-0.39, 0.29) is 0 Å². The third kappa shape index (κ3) is 2.87. The maximum atomic E-state index is 2.34. The number of benzene rings is 1. The second kappa shape index (κ2) is 5.52. The smallest absolute Gasteiger partial charge is 0.0164 e. The van der Waals surface area contributed by atoms with E-state index >= 15 is 0 Å². The maximum Gasteiger partial charge on any atom is -0.0164 e. The van der Waals surface area contributed by atoms with Crippen LogP contribution >= 0.6 is 0 Å². The largest absolute Gasteiger partial charge is 0.0622 e. The van der Waals surface area contributed by atoms with E-state index in [1.54, 1.807) is 11.1 Å². The normalized spacial score (nSPS) is 15.5. The van der Waals surface area contributed by atoms with Crippen LogP contribution < -0.4 is 0 Å². The Kier molecular flexibility index (Phi) is 4.58. The topological polar surface area (TPSA) is 0 Å². The fourth-order valence-electron chi connectivity index (χ4n) is 2.06. The number of hydrogen-bond donors (Lipinski definition) is 0. The first-order valence-electron chi connectivity index (χ1n) is 6.54. The van der Waals surface area contributed by atoms with Gasteiger partial charge in [-0.05, 0) is 34.8 Å². The third-order valence-corrected chi connectivity index (χ3v) is 3.98. The number of hydrogen-bond acceptors (Lipinski definition) is 0. The van der Waals surface area contributed by atoms with E-state index in [1.807, 2.05) is 0 Å². The molecule has 0 bridgehead atoms. The van der Waals surface area contributed by atoms with Gasteiger partial charge in [0.15, 0.2) is 0 Å². The minimum Gasteiger partial charge on any atom is -0.0622 e. The quantitative estimate of drug-likeness (QED) is 0.651. The molecule has 16 heavy (non-hydrogen) atoms. The summed E-state index contributed by atoms with van der Waals surface area (Å²) in [5.41, 5.74) is 3.08. The standard InChI is InChI=1S/C16H26/c1-11(2)13(5)15-9-7-8-10-16(15)14(6)12(3)4/h7-14H,1-6H3. The third-order valence-electron chi connectivity index (χ3n) is 3.98. The summed E-state index contributed by atoms with van der Waals surface area (Å²) in [5.74, 6) is 2.72. The van der Waals surface area contributed by atoms with Gasteiger partial charge in [0.05, 0.1) is 0 Å². The fourth-order valence-corrected chi connectivity index (χ4v) is 2.06. The molecule has 1 aromatic carbocycles. The van der Waals surface area contributed by atoms with Gasteiger partial charge in [0.1, 0.15) is 0 Å². The lowest BCUT2D eigenvalue weighted by Crippen LogP contribution is -2.10. The van der Waals surface area contributed by atoms with Gasteiger partial charge in [-0.25, -0.2) is 0 Å². The second-order valence-corrected chi connectivity index (χ2v) is 5.69. The molecule has 0 radical (unpaired) electrons. The van der Waals surface area contributed by atoms with Crippen LogP contribution in [0.4, 0.5) is 0 Å². The van der Waals surface area contributed by atoms with Crippen molar-refractivity contribution in [2.24, 2.45) is 11.8 Å². The Labute approximate surface area is 101 Å². The SMILES string of the molecule is CC(C)C(C)c1ccccc1C(C)C(C)C. The Hall–Kier alpha value is -0.780. The summed E-state index contributed by atoms with van der Waals surface area (Å²) in [6.45, 7) is 13.9. The Morgan fingerprint density at radius 1 is 0.625 bits per heavy atom. The van der Waals surface area contributed by atoms with Crippen LogP contribution in [0.5, 0.6) is 0 Å². The highest BCUT2D eigenvalue weighted by Gasteiger charge is 2.18. The van der Waals surface area contributed by atoms with Crippen LogP contribution in [0.2, 0.25) is 0 Å². The molecule has 0 aromatic heterocycles. The summed E-state index contributed by atoms with van der Waals surface area (Å²) in [6, 6.07) is 8.95. The first kappa shape index (κ1) is 13.3. The maximum absolute atomic E-state index is 2.34. The summed E-state index contributed by atoms with van der Waals surface area (Å²) in [6.07, 6.45) is 0. The zero-order valence-corrected chi connectivity index (χ0v) is 11.6. The van der Waals surface area contributed by atoms with Gasteiger partial charge in [-0.2, -0.15) is 0 Å². The highest BCUT2D eigenvalue weighted by Crippen LogP contribution is 2.33. The zero-order chi connectivity index (χ0) is 12.3. The molecule has 0 N–H and O–H groups in total. The molecule has 0 heterocycles. The van der Waals surface area contributed by atoms with Crippen LogP contribution in [0.25, 0.3) is 0 Å². The van der Waals surface area contributed by atoms with Crippen molar-refractivity contribution in [2.45, 2.75) is 53.4 Å². The molecule has 1 rings (SSSR count). The van der Waals surface area contributed by atoms with Crippen molar-refractivity contribution in [3.8, 4) is 0 Å². The van der Waals surface area contributed by atoms with Gasteiger partial charge in [-0.1, -0.05) is 65.8 Å². The predicted molar refractivity (Wildman–Crippen MR) is 72.9 cm³/mol. The lowest BCUT2D eigenvalue weighted by Gasteiger charge is -2.25. The van der Waals surface area contributed by atoms with Crippen LogP contribution in [0, 0.1) is 11.8 Å². The van der Waals surface area contributed by atoms with Gasteiger partial charge in [0, 0.05) is 0 Å². The molecular formula is C16H26. The lowest BCUT2D eigenvalue weighted by molar-refractivity contribution is 0.499. The lowest BCUT2D eigenvalue weighted by atomic mass is 9.80. The van der Waals surface area contributed by atoms with Gasteiger partial charge in [-0.15, -0.1) is 0 Å². The molecule has 0 nitrogen and oxygen atoms in total. The molecule has 0 fully saturated rings. The summed E-state index contributed by atoms with van der Waals surface area (Å²) in [4.78, 5) is 0. The minimum atomic E-state index is 0.650. The summed E-state index contributed by atoms with van der Waals surface area (Å²) in [5, 5.41) is 0. The summed E-state index contributed by atoms with van der Waals surface area (Å²) >= 11 is 0. The molecule has 0 aliphatic carbocycles. The van der Waals surface area contributed by atoms with Crippen molar-refractivity contribution in [2.75, 3.05) is 0 Å². The molecule has 2 unspecified atom stereocenters. The van der Waals surface area contributed by atoms with Crippen LogP contribution in [0.3, 0.4) is 0 Å². The van der Waals surface area contributed by atoms with Gasteiger partial charge in [0.25, 0.3) is 0 Å². The molecular weight excluding hydrogens is 192 g/mol. The van der Waals surface area contributed by atoms with Crippen LogP contribution in [-0.2, 0) is 0 Å². The highest BCUT2D eigenvalue weighted by atomic mass is 14.2. The molecule has 0 spiro atoms. The van der Waals surface area contributed by atoms with Crippen LogP contribution in [-0.4, -0.2) is 0 Å². The molecule has 1 aromatic rings. The van der Waals surface area contributed by atoms with Crippen molar-refractivity contribution in [1.29, 1.82) is 0 Å². The van der Waals surface area contributed by atoms with Crippen molar-refractivity contribution >= 4 is 0 Å². The van der Waals surface area contributed by atoms with Crippen molar-refractivity contribution < 1.29 is 0 Å². The molecule has 0 amide bonds. The predicted octanol–water partition coefficient (Wildman–Crippen LogP) is 5.21. The van der Waals surface area contributed by atoms with Gasteiger partial charge in [-0.3, -0.25) is 0 Å². The van der Waals surface area contributed by atoms with E-state index in [0.29, 0.717) is 23.7 Å². The van der Waals surface area contributed by atoms with Crippen molar-refractivity contribution in [1.82, 2.24) is 0 Å². The van der Waals surface area contributed by atoms with E-state index in [9.17, 15) is 0 Å². The fraction of sp³-hybridized carbons (Fsp3) is 0.625. The Morgan fingerprint density at radius 3 is 1.19 bits per heavy atom. The molecule has 0 aliphatic rings. The van der Waals surface area contributed by atoms with E-state index < -0.39 is 0 Å². The Balaban J connectivity index is 3.09. The second-order valence-electron chi connectivity index (χ2n) is 5.69. The van der Waals surface area contributed by atoms with Gasteiger partial charge < -0.3 is 0 Å². The van der Waals surface area contributed by atoms with Gasteiger partial charge >= 0.3 is 0 Å². The van der Waals surface area contributed by atoms with Crippen molar-refractivity contribution in [3.63, 3.8) is 0 Å². The monoisotopic (exact) mass is 218 g/mol. The number of rotatable bonds is 4. The van der Waals surface area contributed by atoms with Gasteiger partial charge in [0.2, 0.25) is 0 Å². The van der Waals surface area contributed by atoms with E-state index in [2.05, 4.69) is 65.8 Å². The van der Waals surface area contributed by atoms with E-state index in [1.165, 1.54) is 0 Å². The molecule has 0 aliphatic heterocycles. The van der Waals surface area contributed by atoms with E-state index in [4.69, 9.17) is 0 Å².